The number of rotatable bonds is 4. The Labute approximate surface area is 124 Å². The fourth-order valence-corrected chi connectivity index (χ4v) is 4.64. The average Bonchev–Trinajstić information content (AvgIpc) is 2.35. The van der Waals surface area contributed by atoms with Crippen molar-refractivity contribution in [3.63, 3.8) is 0 Å². The van der Waals surface area contributed by atoms with E-state index in [0.29, 0.717) is 11.6 Å². The van der Waals surface area contributed by atoms with E-state index >= 15 is 0 Å². The minimum absolute atomic E-state index is 0.243. The standard InChI is InChI=1S/C14H20BrNO2S/c1-11-6-5-9-13(14(11)15)16-19(17,18)10-12-7-3-2-4-8-12/h5-6,9,12,16H,2-4,7-8,10H2,1H3. The first-order valence-electron chi connectivity index (χ1n) is 6.73. The lowest BCUT2D eigenvalue weighted by molar-refractivity contribution is 0.385. The summed E-state index contributed by atoms with van der Waals surface area (Å²) in [5.41, 5.74) is 1.66. The Hall–Kier alpha value is -0.550. The predicted molar refractivity (Wildman–Crippen MR) is 82.9 cm³/mol. The molecule has 1 fully saturated rings. The van der Waals surface area contributed by atoms with E-state index in [1.54, 1.807) is 6.07 Å². The van der Waals surface area contributed by atoms with E-state index in [1.807, 2.05) is 19.1 Å². The number of nitrogens with one attached hydrogen (secondary N) is 1. The Morgan fingerprint density at radius 2 is 1.95 bits per heavy atom. The number of hydrogen-bond acceptors (Lipinski definition) is 2. The largest absolute Gasteiger partial charge is 0.282 e. The number of hydrogen-bond donors (Lipinski definition) is 1. The zero-order valence-corrected chi connectivity index (χ0v) is 13.6. The Balaban J connectivity index is 2.06. The molecule has 1 aromatic rings. The van der Waals surface area contributed by atoms with Crippen LogP contribution in [0, 0.1) is 12.8 Å². The molecule has 0 aliphatic heterocycles. The van der Waals surface area contributed by atoms with Crippen molar-refractivity contribution in [1.29, 1.82) is 0 Å². The maximum Gasteiger partial charge on any atom is 0.233 e. The maximum absolute atomic E-state index is 12.2. The van der Waals surface area contributed by atoms with Crippen LogP contribution in [0.15, 0.2) is 22.7 Å². The van der Waals surface area contributed by atoms with E-state index < -0.39 is 10.0 Å². The van der Waals surface area contributed by atoms with Gasteiger partial charge in [0.25, 0.3) is 0 Å². The summed E-state index contributed by atoms with van der Waals surface area (Å²) in [6.45, 7) is 1.95. The van der Waals surface area contributed by atoms with Gasteiger partial charge in [0.15, 0.2) is 0 Å². The van der Waals surface area contributed by atoms with Crippen LogP contribution in [0.25, 0.3) is 0 Å². The SMILES string of the molecule is Cc1cccc(NS(=O)(=O)CC2CCCCC2)c1Br. The predicted octanol–water partition coefficient (Wildman–Crippen LogP) is 4.08. The van der Waals surface area contributed by atoms with Gasteiger partial charge in [-0.05, 0) is 53.2 Å². The van der Waals surface area contributed by atoms with E-state index in [2.05, 4.69) is 20.7 Å². The molecule has 5 heteroatoms. The molecular weight excluding hydrogens is 326 g/mol. The molecule has 0 saturated heterocycles. The molecule has 3 nitrogen and oxygen atoms in total. The molecule has 1 aliphatic rings. The van der Waals surface area contributed by atoms with E-state index in [-0.39, 0.29) is 5.75 Å². The van der Waals surface area contributed by atoms with Crippen LogP contribution in [0.2, 0.25) is 0 Å². The second-order valence-corrected chi connectivity index (χ2v) is 7.88. The van der Waals surface area contributed by atoms with Gasteiger partial charge >= 0.3 is 0 Å². The molecule has 0 unspecified atom stereocenters. The van der Waals surface area contributed by atoms with E-state index in [1.165, 1.54) is 6.42 Å². The highest BCUT2D eigenvalue weighted by atomic mass is 79.9. The molecule has 1 saturated carbocycles. The van der Waals surface area contributed by atoms with E-state index in [9.17, 15) is 8.42 Å². The third-order valence-electron chi connectivity index (χ3n) is 3.64. The number of halogens is 1. The number of aryl methyl sites for hydroxylation is 1. The summed E-state index contributed by atoms with van der Waals surface area (Å²) in [5, 5.41) is 0. The molecule has 0 heterocycles. The van der Waals surface area contributed by atoms with E-state index in [0.717, 1.165) is 35.7 Å². The summed E-state index contributed by atoms with van der Waals surface area (Å²) in [6.07, 6.45) is 5.64. The minimum Gasteiger partial charge on any atom is -0.282 e. The molecule has 0 bridgehead atoms. The summed E-state index contributed by atoms with van der Waals surface area (Å²) in [5.74, 6) is 0.558. The maximum atomic E-state index is 12.2. The van der Waals surface area contributed by atoms with Gasteiger partial charge in [-0.1, -0.05) is 31.4 Å². The fourth-order valence-electron chi connectivity index (χ4n) is 2.60. The molecule has 0 aromatic heterocycles. The fraction of sp³-hybridized carbons (Fsp3) is 0.571. The lowest BCUT2D eigenvalue weighted by Crippen LogP contribution is -2.24. The number of sulfonamides is 1. The van der Waals surface area contributed by atoms with Crippen LogP contribution in [0.4, 0.5) is 5.69 Å². The number of benzene rings is 1. The zero-order valence-electron chi connectivity index (χ0n) is 11.2. The first-order chi connectivity index (χ1) is 8.98. The summed E-state index contributed by atoms with van der Waals surface area (Å²) in [6, 6.07) is 5.59. The van der Waals surface area contributed by atoms with Gasteiger partial charge in [-0.2, -0.15) is 0 Å². The third-order valence-corrected chi connectivity index (χ3v) is 6.13. The van der Waals surface area contributed by atoms with Crippen molar-refractivity contribution in [3.8, 4) is 0 Å². The molecular formula is C14H20BrNO2S. The minimum atomic E-state index is -3.25. The van der Waals surface area contributed by atoms with Crippen molar-refractivity contribution in [3.05, 3.63) is 28.2 Å². The second-order valence-electron chi connectivity index (χ2n) is 5.32. The van der Waals surface area contributed by atoms with Gasteiger partial charge in [-0.15, -0.1) is 0 Å². The summed E-state index contributed by atoms with van der Waals surface area (Å²) >= 11 is 3.43. The van der Waals surface area contributed by atoms with Gasteiger partial charge in [0, 0.05) is 4.47 Å². The molecule has 1 aromatic carbocycles. The summed E-state index contributed by atoms with van der Waals surface area (Å²) in [7, 11) is -3.25. The van der Waals surface area contributed by atoms with Gasteiger partial charge in [0.1, 0.15) is 0 Å². The van der Waals surface area contributed by atoms with Gasteiger partial charge in [0.05, 0.1) is 11.4 Å². The molecule has 106 valence electrons. The Morgan fingerprint density at radius 1 is 1.26 bits per heavy atom. The topological polar surface area (TPSA) is 46.2 Å². The molecule has 0 radical (unpaired) electrons. The van der Waals surface area contributed by atoms with Crippen molar-refractivity contribution in [2.75, 3.05) is 10.5 Å². The highest BCUT2D eigenvalue weighted by Gasteiger charge is 2.21. The van der Waals surface area contributed by atoms with Crippen LogP contribution < -0.4 is 4.72 Å². The molecule has 19 heavy (non-hydrogen) atoms. The molecule has 0 amide bonds. The van der Waals surface area contributed by atoms with Gasteiger partial charge in [0.2, 0.25) is 10.0 Å². The van der Waals surface area contributed by atoms with Crippen molar-refractivity contribution >= 4 is 31.6 Å². The molecule has 1 aliphatic carbocycles. The Kier molecular flexibility index (Phi) is 4.90. The monoisotopic (exact) mass is 345 g/mol. The lowest BCUT2D eigenvalue weighted by atomic mass is 9.91. The van der Waals surface area contributed by atoms with Gasteiger partial charge < -0.3 is 0 Å². The van der Waals surface area contributed by atoms with Crippen LogP contribution in [0.1, 0.15) is 37.7 Å². The zero-order chi connectivity index (χ0) is 13.9. The average molecular weight is 346 g/mol. The van der Waals surface area contributed by atoms with Gasteiger partial charge in [-0.3, -0.25) is 4.72 Å². The third kappa shape index (κ3) is 4.21. The highest BCUT2D eigenvalue weighted by molar-refractivity contribution is 9.10. The van der Waals surface area contributed by atoms with Crippen LogP contribution >= 0.6 is 15.9 Å². The van der Waals surface area contributed by atoms with Crippen LogP contribution in [-0.4, -0.2) is 14.2 Å². The van der Waals surface area contributed by atoms with E-state index in [4.69, 9.17) is 0 Å². The molecule has 1 N–H and O–H groups in total. The van der Waals surface area contributed by atoms with Crippen LogP contribution in [0.5, 0.6) is 0 Å². The normalized spacial score (nSPS) is 17.4. The first-order valence-corrected chi connectivity index (χ1v) is 9.18. The Morgan fingerprint density at radius 3 is 2.63 bits per heavy atom. The van der Waals surface area contributed by atoms with Crippen molar-refractivity contribution in [2.24, 2.45) is 5.92 Å². The van der Waals surface area contributed by atoms with Crippen molar-refractivity contribution in [2.45, 2.75) is 39.0 Å². The molecule has 2 rings (SSSR count). The highest BCUT2D eigenvalue weighted by Crippen LogP contribution is 2.29. The van der Waals surface area contributed by atoms with Gasteiger partial charge in [-0.25, -0.2) is 8.42 Å². The first kappa shape index (κ1) is 14.9. The number of anilines is 1. The second kappa shape index (κ2) is 6.27. The summed E-state index contributed by atoms with van der Waals surface area (Å²) < 4.78 is 27.9. The molecule has 0 spiro atoms. The quantitative estimate of drug-likeness (QED) is 0.893. The van der Waals surface area contributed by atoms with Crippen LogP contribution in [0.3, 0.4) is 0 Å². The lowest BCUT2D eigenvalue weighted by Gasteiger charge is -2.21. The Bertz CT molecular complexity index is 536. The summed E-state index contributed by atoms with van der Waals surface area (Å²) in [4.78, 5) is 0. The smallest absolute Gasteiger partial charge is 0.233 e. The van der Waals surface area contributed by atoms with Crippen molar-refractivity contribution < 1.29 is 8.42 Å². The van der Waals surface area contributed by atoms with Crippen molar-refractivity contribution in [1.82, 2.24) is 0 Å². The van der Waals surface area contributed by atoms with Crippen LogP contribution in [-0.2, 0) is 10.0 Å². The molecule has 0 atom stereocenters.